The summed E-state index contributed by atoms with van der Waals surface area (Å²) < 4.78 is 10.6. The first-order valence-electron chi connectivity index (χ1n) is 8.86. The van der Waals surface area contributed by atoms with E-state index < -0.39 is 0 Å². The minimum atomic E-state index is 0.00799. The van der Waals surface area contributed by atoms with Crippen molar-refractivity contribution in [1.29, 1.82) is 0 Å². The fourth-order valence-electron chi connectivity index (χ4n) is 3.24. The van der Waals surface area contributed by atoms with Crippen molar-refractivity contribution in [3.8, 4) is 11.5 Å². The second-order valence-corrected chi connectivity index (χ2v) is 6.53. The molecule has 2 N–H and O–H groups in total. The van der Waals surface area contributed by atoms with Crippen LogP contribution in [0.2, 0.25) is 0 Å². The number of ether oxygens (including phenoxy) is 2. The summed E-state index contributed by atoms with van der Waals surface area (Å²) in [5.74, 6) is 1.23. The number of aryl methyl sites for hydroxylation is 1. The van der Waals surface area contributed by atoms with Gasteiger partial charge < -0.3 is 19.7 Å². The van der Waals surface area contributed by atoms with Gasteiger partial charge in [-0.2, -0.15) is 5.10 Å². The third-order valence-electron chi connectivity index (χ3n) is 4.94. The molecule has 0 saturated carbocycles. The quantitative estimate of drug-likeness (QED) is 0.827. The van der Waals surface area contributed by atoms with E-state index >= 15 is 0 Å². The molecule has 1 aromatic carbocycles. The van der Waals surface area contributed by atoms with Crippen LogP contribution >= 0.6 is 0 Å². The largest absolute Gasteiger partial charge is 0.497 e. The Balaban J connectivity index is 1.56. The van der Waals surface area contributed by atoms with Gasteiger partial charge in [-0.3, -0.25) is 9.89 Å². The van der Waals surface area contributed by atoms with Gasteiger partial charge in [0.2, 0.25) is 0 Å². The van der Waals surface area contributed by atoms with Crippen LogP contribution in [0.5, 0.6) is 11.5 Å². The maximum Gasteiger partial charge on any atom is 0.257 e. The molecule has 0 spiro atoms. The first-order chi connectivity index (χ1) is 12.6. The molecule has 0 radical (unpaired) electrons. The SMILES string of the molecule is COc1ccc(C(=O)N2CCC(NCc3cn[nH]c3C)CC2)c(OC)c1. The second kappa shape index (κ2) is 8.23. The number of rotatable bonds is 6. The normalized spacial score (nSPS) is 15.1. The molecule has 140 valence electrons. The number of nitrogens with one attached hydrogen (secondary N) is 2. The van der Waals surface area contributed by atoms with Gasteiger partial charge in [-0.1, -0.05) is 0 Å². The number of carbonyl (C=O) groups is 1. The van der Waals surface area contributed by atoms with E-state index in [-0.39, 0.29) is 5.91 Å². The lowest BCUT2D eigenvalue weighted by Gasteiger charge is -2.33. The number of hydrogen-bond acceptors (Lipinski definition) is 5. The van der Waals surface area contributed by atoms with Crippen LogP contribution in [-0.4, -0.2) is 54.4 Å². The zero-order valence-corrected chi connectivity index (χ0v) is 15.5. The Kier molecular flexibility index (Phi) is 5.78. The highest BCUT2D eigenvalue weighted by molar-refractivity contribution is 5.97. The molecule has 0 atom stereocenters. The number of aromatic nitrogens is 2. The predicted octanol–water partition coefficient (Wildman–Crippen LogP) is 2.13. The fraction of sp³-hybridized carbons (Fsp3) is 0.474. The number of likely N-dealkylation sites (tertiary alicyclic amines) is 1. The van der Waals surface area contributed by atoms with Crippen molar-refractivity contribution >= 4 is 5.91 Å². The molecule has 2 aromatic rings. The smallest absolute Gasteiger partial charge is 0.257 e. The summed E-state index contributed by atoms with van der Waals surface area (Å²) in [6.07, 6.45) is 3.72. The maximum atomic E-state index is 12.8. The van der Waals surface area contributed by atoms with Crippen LogP contribution < -0.4 is 14.8 Å². The van der Waals surface area contributed by atoms with Gasteiger partial charge in [-0.05, 0) is 31.9 Å². The van der Waals surface area contributed by atoms with Crippen LogP contribution in [0.15, 0.2) is 24.4 Å². The lowest BCUT2D eigenvalue weighted by Crippen LogP contribution is -2.44. The van der Waals surface area contributed by atoms with Gasteiger partial charge in [-0.25, -0.2) is 0 Å². The zero-order chi connectivity index (χ0) is 18.5. The molecular weight excluding hydrogens is 332 g/mol. The first-order valence-corrected chi connectivity index (χ1v) is 8.86. The zero-order valence-electron chi connectivity index (χ0n) is 15.5. The number of H-pyrrole nitrogens is 1. The van der Waals surface area contributed by atoms with E-state index in [1.165, 1.54) is 5.56 Å². The molecule has 7 heteroatoms. The van der Waals surface area contributed by atoms with Crippen LogP contribution in [0.1, 0.15) is 34.5 Å². The molecule has 1 aromatic heterocycles. The summed E-state index contributed by atoms with van der Waals surface area (Å²) in [7, 11) is 3.17. The van der Waals surface area contributed by atoms with Crippen molar-refractivity contribution in [3.63, 3.8) is 0 Å². The Morgan fingerprint density at radius 3 is 2.69 bits per heavy atom. The molecule has 0 unspecified atom stereocenters. The average Bonchev–Trinajstić information content (AvgIpc) is 3.10. The third-order valence-corrected chi connectivity index (χ3v) is 4.94. The first kappa shape index (κ1) is 18.3. The van der Waals surface area contributed by atoms with E-state index in [1.54, 1.807) is 32.4 Å². The van der Waals surface area contributed by atoms with Gasteiger partial charge >= 0.3 is 0 Å². The number of hydrogen-bond donors (Lipinski definition) is 2. The van der Waals surface area contributed by atoms with Crippen molar-refractivity contribution in [2.45, 2.75) is 32.4 Å². The molecule has 26 heavy (non-hydrogen) atoms. The minimum absolute atomic E-state index is 0.00799. The molecule has 0 aliphatic carbocycles. The summed E-state index contributed by atoms with van der Waals surface area (Å²) in [6, 6.07) is 5.71. The van der Waals surface area contributed by atoms with Gasteiger partial charge in [0.15, 0.2) is 0 Å². The Bertz CT molecular complexity index is 751. The molecule has 1 fully saturated rings. The second-order valence-electron chi connectivity index (χ2n) is 6.53. The lowest BCUT2D eigenvalue weighted by atomic mass is 10.0. The third kappa shape index (κ3) is 3.99. The molecule has 3 rings (SSSR count). The van der Waals surface area contributed by atoms with E-state index in [4.69, 9.17) is 9.47 Å². The van der Waals surface area contributed by atoms with E-state index in [9.17, 15) is 4.79 Å². The summed E-state index contributed by atoms with van der Waals surface area (Å²) in [4.78, 5) is 14.7. The van der Waals surface area contributed by atoms with Gasteiger partial charge in [0, 0.05) is 43.0 Å². The van der Waals surface area contributed by atoms with Gasteiger partial charge in [0.1, 0.15) is 11.5 Å². The number of nitrogens with zero attached hydrogens (tertiary/aromatic N) is 2. The van der Waals surface area contributed by atoms with Crippen molar-refractivity contribution in [2.75, 3.05) is 27.3 Å². The highest BCUT2D eigenvalue weighted by atomic mass is 16.5. The minimum Gasteiger partial charge on any atom is -0.497 e. The maximum absolute atomic E-state index is 12.8. The van der Waals surface area contributed by atoms with Gasteiger partial charge in [0.25, 0.3) is 5.91 Å². The molecule has 2 heterocycles. The average molecular weight is 358 g/mol. The Hall–Kier alpha value is -2.54. The number of methoxy groups -OCH3 is 2. The topological polar surface area (TPSA) is 79.5 Å². The van der Waals surface area contributed by atoms with Gasteiger partial charge in [0.05, 0.1) is 26.0 Å². The molecule has 1 amide bonds. The van der Waals surface area contributed by atoms with Crippen molar-refractivity contribution < 1.29 is 14.3 Å². The van der Waals surface area contributed by atoms with E-state index in [1.807, 2.05) is 18.0 Å². The Morgan fingerprint density at radius 2 is 2.08 bits per heavy atom. The van der Waals surface area contributed by atoms with E-state index in [2.05, 4.69) is 15.5 Å². The highest BCUT2D eigenvalue weighted by Gasteiger charge is 2.25. The van der Waals surface area contributed by atoms with Crippen LogP contribution in [0, 0.1) is 6.92 Å². The van der Waals surface area contributed by atoms with Crippen LogP contribution in [-0.2, 0) is 6.54 Å². The van der Waals surface area contributed by atoms with E-state index in [0.29, 0.717) is 23.1 Å². The molecule has 0 bridgehead atoms. The molecule has 7 nitrogen and oxygen atoms in total. The number of aromatic amines is 1. The summed E-state index contributed by atoms with van der Waals surface area (Å²) in [6.45, 7) is 4.28. The summed E-state index contributed by atoms with van der Waals surface area (Å²) in [5, 5.41) is 10.6. The lowest BCUT2D eigenvalue weighted by molar-refractivity contribution is 0.0701. The summed E-state index contributed by atoms with van der Waals surface area (Å²) in [5.41, 5.74) is 2.86. The number of carbonyl (C=O) groups excluding carboxylic acids is 1. The van der Waals surface area contributed by atoms with Crippen LogP contribution in [0.4, 0.5) is 0 Å². The van der Waals surface area contributed by atoms with Crippen molar-refractivity contribution in [2.24, 2.45) is 0 Å². The van der Waals surface area contributed by atoms with Crippen molar-refractivity contribution in [3.05, 3.63) is 41.2 Å². The number of piperidine rings is 1. The van der Waals surface area contributed by atoms with Crippen LogP contribution in [0.3, 0.4) is 0 Å². The van der Waals surface area contributed by atoms with Gasteiger partial charge in [-0.15, -0.1) is 0 Å². The fourth-order valence-corrected chi connectivity index (χ4v) is 3.24. The Labute approximate surface area is 153 Å². The van der Waals surface area contributed by atoms with E-state index in [0.717, 1.165) is 38.2 Å². The molecular formula is C19H26N4O3. The molecule has 1 saturated heterocycles. The number of amides is 1. The van der Waals surface area contributed by atoms with Crippen molar-refractivity contribution in [1.82, 2.24) is 20.4 Å². The standard InChI is InChI=1S/C19H26N4O3/c1-13-14(12-21-22-13)11-20-15-6-8-23(9-7-15)19(24)17-5-4-16(25-2)10-18(17)26-3/h4-5,10,12,15,20H,6-9,11H2,1-3H3,(H,21,22). The number of benzene rings is 1. The molecule has 1 aliphatic heterocycles. The summed E-state index contributed by atoms with van der Waals surface area (Å²) >= 11 is 0. The van der Waals surface area contributed by atoms with Crippen LogP contribution in [0.25, 0.3) is 0 Å². The highest BCUT2D eigenvalue weighted by Crippen LogP contribution is 2.26. The predicted molar refractivity (Wildman–Crippen MR) is 98.6 cm³/mol. The molecule has 1 aliphatic rings. The monoisotopic (exact) mass is 358 g/mol. The Morgan fingerprint density at radius 1 is 1.31 bits per heavy atom.